The Bertz CT molecular complexity index is 3720. The summed E-state index contributed by atoms with van der Waals surface area (Å²) in [5.41, 5.74) is 19.8. The van der Waals surface area contributed by atoms with Crippen LogP contribution in [-0.4, -0.2) is 6.71 Å². The maximum Gasteiger partial charge on any atom is 0.252 e. The van der Waals surface area contributed by atoms with E-state index in [1.165, 1.54) is 105 Å². The Balaban J connectivity index is 1.22. The van der Waals surface area contributed by atoms with Crippen molar-refractivity contribution in [3.05, 3.63) is 222 Å². The molecule has 0 bridgehead atoms. The van der Waals surface area contributed by atoms with Gasteiger partial charge in [0.15, 0.2) is 0 Å². The van der Waals surface area contributed by atoms with Crippen LogP contribution in [0.3, 0.4) is 0 Å². The number of rotatable bonds is 5. The third-order valence-corrected chi connectivity index (χ3v) is 15.3. The maximum atomic E-state index is 2.66. The van der Waals surface area contributed by atoms with Gasteiger partial charge in [0, 0.05) is 55.8 Å². The zero-order valence-corrected chi connectivity index (χ0v) is 41.0. The molecule has 0 spiro atoms. The second kappa shape index (κ2) is 15.9. The number of fused-ring (bicyclic) bond motifs is 10. The van der Waals surface area contributed by atoms with Gasteiger partial charge in [0.2, 0.25) is 0 Å². The smallest absolute Gasteiger partial charge is 0.252 e. The molecule has 3 aliphatic rings. The Morgan fingerprint density at radius 3 is 1.50 bits per heavy atom. The summed E-state index contributed by atoms with van der Waals surface area (Å²) in [6.07, 6.45) is 6.86. The van der Waals surface area contributed by atoms with Crippen LogP contribution in [0.4, 0.5) is 51.2 Å². The van der Waals surface area contributed by atoms with Crippen molar-refractivity contribution in [2.75, 3.05) is 14.7 Å². The normalized spacial score (nSPS) is 13.9. The van der Waals surface area contributed by atoms with Gasteiger partial charge in [0.05, 0.1) is 17.1 Å². The molecule has 0 radical (unpaired) electrons. The molecule has 0 saturated heterocycles. The molecule has 13 rings (SSSR count). The van der Waals surface area contributed by atoms with Gasteiger partial charge in [-0.05, 0) is 121 Å². The van der Waals surface area contributed by atoms with Gasteiger partial charge in [0.1, 0.15) is 0 Å². The van der Waals surface area contributed by atoms with Gasteiger partial charge >= 0.3 is 0 Å². The molecule has 3 nitrogen and oxygen atoms in total. The largest absolute Gasteiger partial charge is 0.310 e. The molecule has 2 aliphatic heterocycles. The minimum atomic E-state index is -0.0541. The second-order valence-corrected chi connectivity index (χ2v) is 21.7. The summed E-state index contributed by atoms with van der Waals surface area (Å²) in [5, 5.41) is 7.36. The molecule has 0 N–H and O–H groups in total. The number of anilines is 9. The van der Waals surface area contributed by atoms with E-state index in [-0.39, 0.29) is 17.5 Å². The van der Waals surface area contributed by atoms with E-state index < -0.39 is 0 Å². The van der Waals surface area contributed by atoms with Crippen LogP contribution < -0.4 is 31.1 Å². The number of benzene rings is 10. The van der Waals surface area contributed by atoms with Gasteiger partial charge < -0.3 is 14.7 Å². The van der Waals surface area contributed by atoms with Crippen LogP contribution in [-0.2, 0) is 17.3 Å². The molecule has 10 aromatic carbocycles. The zero-order valence-electron chi connectivity index (χ0n) is 41.0. The first-order valence-corrected chi connectivity index (χ1v) is 25.1. The minimum Gasteiger partial charge on any atom is -0.310 e. The van der Waals surface area contributed by atoms with Gasteiger partial charge in [-0.3, -0.25) is 0 Å². The monoisotopic (exact) mass is 901 g/mol. The third-order valence-electron chi connectivity index (χ3n) is 15.3. The number of hydrogen-bond acceptors (Lipinski definition) is 3. The van der Waals surface area contributed by atoms with Crippen molar-refractivity contribution < 1.29 is 0 Å². The lowest BCUT2D eigenvalue weighted by molar-refractivity contribution is 0.590. The van der Waals surface area contributed by atoms with Crippen molar-refractivity contribution in [2.24, 2.45) is 0 Å². The molecule has 10 aromatic rings. The summed E-state index contributed by atoms with van der Waals surface area (Å²) in [4.78, 5) is 7.83. The van der Waals surface area contributed by atoms with Crippen LogP contribution >= 0.6 is 0 Å². The Morgan fingerprint density at radius 1 is 0.429 bits per heavy atom. The summed E-state index contributed by atoms with van der Waals surface area (Å²) in [6, 6.07) is 73.8. The van der Waals surface area contributed by atoms with Crippen LogP contribution in [0.5, 0.6) is 0 Å². The minimum absolute atomic E-state index is 0.0476. The first kappa shape index (κ1) is 42.3. The molecule has 0 aromatic heterocycles. The van der Waals surface area contributed by atoms with Crippen molar-refractivity contribution in [2.45, 2.75) is 65.2 Å². The standard InChI is InChI=1S/C66H56BN3/c1-65(2,3)47-25-17-27-49(39-47)68(50-28-18-26-48(40-50)66(4,5)6)51-41-60-62-61(42-51)70(59-34-16-24-44-20-8-12-30-53(44)59)64-55-32-14-10-22-46(55)36-38-57(64)67(62)56-37-35-45-21-9-13-31-54(45)63(56)69(60)58-33-15-23-43-19-7-11-29-52(43)58/h7-9,11-21,23-42H,10,22H2,1-6H3. The SMILES string of the molecule is CC(C)(C)c1cccc(N(c2cccc(C(C)(C)C)c2)c2cc3c4c(c2)N(c2cccc5ccccc25)c2c(ccc5ccccc25)B4c2ccc4c(c2N3c2cccc3ccccc23)C=CCC4)c1. The molecule has 1 aliphatic carbocycles. The van der Waals surface area contributed by atoms with Crippen LogP contribution in [0.25, 0.3) is 38.4 Å². The molecular weight excluding hydrogens is 846 g/mol. The highest BCUT2D eigenvalue weighted by Gasteiger charge is 2.46. The van der Waals surface area contributed by atoms with Gasteiger partial charge in [-0.2, -0.15) is 0 Å². The molecule has 0 saturated carbocycles. The first-order chi connectivity index (χ1) is 34.0. The summed E-state index contributed by atoms with van der Waals surface area (Å²) >= 11 is 0. The molecule has 0 amide bonds. The van der Waals surface area contributed by atoms with E-state index in [1.54, 1.807) is 0 Å². The fourth-order valence-corrected chi connectivity index (χ4v) is 11.8. The van der Waals surface area contributed by atoms with Crippen molar-refractivity contribution in [1.29, 1.82) is 0 Å². The highest BCUT2D eigenvalue weighted by atomic mass is 15.2. The molecule has 4 heteroatoms. The van der Waals surface area contributed by atoms with Crippen LogP contribution in [0.2, 0.25) is 0 Å². The molecule has 2 heterocycles. The van der Waals surface area contributed by atoms with Crippen molar-refractivity contribution >= 4 is 113 Å². The average Bonchev–Trinajstić information content (AvgIpc) is 3.38. The lowest BCUT2D eigenvalue weighted by Gasteiger charge is -2.46. The molecule has 70 heavy (non-hydrogen) atoms. The Labute approximate surface area is 413 Å². The maximum absolute atomic E-state index is 2.66. The van der Waals surface area contributed by atoms with Gasteiger partial charge in [-0.15, -0.1) is 0 Å². The lowest BCUT2D eigenvalue weighted by atomic mass is 9.33. The topological polar surface area (TPSA) is 9.72 Å². The number of aryl methyl sites for hydroxylation is 1. The van der Waals surface area contributed by atoms with Crippen molar-refractivity contribution in [3.63, 3.8) is 0 Å². The summed E-state index contributed by atoms with van der Waals surface area (Å²) in [6.45, 7) is 13.9. The Morgan fingerprint density at radius 2 is 0.914 bits per heavy atom. The van der Waals surface area contributed by atoms with E-state index in [1.807, 2.05) is 0 Å². The van der Waals surface area contributed by atoms with Crippen LogP contribution in [0.1, 0.15) is 70.2 Å². The Kier molecular flexibility index (Phi) is 9.59. The van der Waals surface area contributed by atoms with E-state index in [0.717, 1.165) is 29.9 Å². The lowest BCUT2D eigenvalue weighted by Crippen LogP contribution is -2.61. The van der Waals surface area contributed by atoms with Gasteiger partial charge in [0.25, 0.3) is 6.71 Å². The third kappa shape index (κ3) is 6.64. The van der Waals surface area contributed by atoms with E-state index in [9.17, 15) is 0 Å². The molecule has 338 valence electrons. The molecule has 0 unspecified atom stereocenters. The predicted octanol–water partition coefficient (Wildman–Crippen LogP) is 16.3. The summed E-state index contributed by atoms with van der Waals surface area (Å²) in [7, 11) is 0. The quantitative estimate of drug-likeness (QED) is 0.159. The zero-order chi connectivity index (χ0) is 47.5. The van der Waals surface area contributed by atoms with E-state index in [0.29, 0.717) is 0 Å². The van der Waals surface area contributed by atoms with Crippen LogP contribution in [0.15, 0.2) is 200 Å². The van der Waals surface area contributed by atoms with E-state index in [2.05, 4.69) is 263 Å². The fraction of sp³-hybridized carbons (Fsp3) is 0.152. The van der Waals surface area contributed by atoms with Gasteiger partial charge in [-0.25, -0.2) is 0 Å². The molecular formula is C66H56BN3. The first-order valence-electron chi connectivity index (χ1n) is 25.1. The number of hydrogen-bond donors (Lipinski definition) is 0. The van der Waals surface area contributed by atoms with Gasteiger partial charge in [-0.1, -0.05) is 199 Å². The molecule has 0 fully saturated rings. The van der Waals surface area contributed by atoms with Crippen molar-refractivity contribution in [1.82, 2.24) is 0 Å². The summed E-state index contributed by atoms with van der Waals surface area (Å²) < 4.78 is 0. The highest BCUT2D eigenvalue weighted by molar-refractivity contribution is 7.00. The number of nitrogens with zero attached hydrogens (tertiary/aromatic N) is 3. The average molecular weight is 902 g/mol. The Hall–Kier alpha value is -7.82. The molecule has 0 atom stereocenters. The fourth-order valence-electron chi connectivity index (χ4n) is 11.8. The predicted molar refractivity (Wildman–Crippen MR) is 302 cm³/mol. The second-order valence-electron chi connectivity index (χ2n) is 21.7. The summed E-state index contributed by atoms with van der Waals surface area (Å²) in [5.74, 6) is 0. The highest BCUT2D eigenvalue weighted by Crippen LogP contribution is 2.52. The van der Waals surface area contributed by atoms with Crippen LogP contribution in [0, 0.1) is 0 Å². The van der Waals surface area contributed by atoms with E-state index in [4.69, 9.17) is 0 Å². The van der Waals surface area contributed by atoms with E-state index >= 15 is 0 Å². The number of allylic oxidation sites excluding steroid dienone is 1. The van der Waals surface area contributed by atoms with Crippen molar-refractivity contribution in [3.8, 4) is 0 Å².